The molecule has 0 aromatic heterocycles. The van der Waals surface area contributed by atoms with Crippen LogP contribution in [0.15, 0.2) is 12.1 Å². The van der Waals surface area contributed by atoms with Gasteiger partial charge in [-0.05, 0) is 18.6 Å². The first-order chi connectivity index (χ1) is 9.36. The van der Waals surface area contributed by atoms with Crippen LogP contribution in [-0.4, -0.2) is 32.0 Å². The van der Waals surface area contributed by atoms with Crippen LogP contribution in [0.4, 0.5) is 11.4 Å². The molecule has 7 heteroatoms. The van der Waals surface area contributed by atoms with Crippen molar-refractivity contribution in [3.63, 3.8) is 0 Å². The van der Waals surface area contributed by atoms with Gasteiger partial charge in [-0.1, -0.05) is 18.5 Å². The quantitative estimate of drug-likeness (QED) is 0.681. The molecule has 5 N–H and O–H groups in total. The molecule has 2 amide bonds. The first-order valence-electron chi connectivity index (χ1n) is 6.23. The average Bonchev–Trinajstić information content (AvgIpc) is 2.34. The number of amides is 2. The van der Waals surface area contributed by atoms with E-state index in [1.165, 1.54) is 12.1 Å². The molecular formula is C13H19ClN4O2. The first kappa shape index (κ1) is 16.1. The number of hydrogen-bond acceptors (Lipinski definition) is 4. The van der Waals surface area contributed by atoms with E-state index < -0.39 is 5.91 Å². The van der Waals surface area contributed by atoms with E-state index in [1.807, 2.05) is 6.92 Å². The number of rotatable bonds is 6. The van der Waals surface area contributed by atoms with Crippen LogP contribution in [-0.2, 0) is 4.79 Å². The zero-order chi connectivity index (χ0) is 15.3. The molecule has 0 aliphatic carbocycles. The Morgan fingerprint density at radius 2 is 2.05 bits per heavy atom. The van der Waals surface area contributed by atoms with Crippen LogP contribution in [0, 0.1) is 0 Å². The molecule has 0 spiro atoms. The Morgan fingerprint density at radius 1 is 1.40 bits per heavy atom. The monoisotopic (exact) mass is 298 g/mol. The molecule has 1 aromatic rings. The smallest absolute Gasteiger partial charge is 0.250 e. The predicted molar refractivity (Wildman–Crippen MR) is 81.0 cm³/mol. The van der Waals surface area contributed by atoms with E-state index in [4.69, 9.17) is 23.1 Å². The molecular weight excluding hydrogens is 280 g/mol. The van der Waals surface area contributed by atoms with Crippen molar-refractivity contribution in [2.75, 3.05) is 30.8 Å². The second-order valence-corrected chi connectivity index (χ2v) is 4.88. The van der Waals surface area contributed by atoms with Crippen molar-refractivity contribution in [3.8, 4) is 0 Å². The topological polar surface area (TPSA) is 101 Å². The summed E-state index contributed by atoms with van der Waals surface area (Å²) in [6.07, 6.45) is 0.852. The summed E-state index contributed by atoms with van der Waals surface area (Å²) < 4.78 is 0. The minimum Gasteiger partial charge on any atom is -0.399 e. The second kappa shape index (κ2) is 7.00. The highest BCUT2D eigenvalue weighted by molar-refractivity contribution is 6.34. The summed E-state index contributed by atoms with van der Waals surface area (Å²) in [5.74, 6) is -0.798. The molecule has 0 fully saturated rings. The van der Waals surface area contributed by atoms with Crippen LogP contribution in [0.2, 0.25) is 5.02 Å². The largest absolute Gasteiger partial charge is 0.399 e. The standard InChI is InChI=1S/C13H19ClN4O2/c1-3-4-17-11(19)7-18(2)12-9(13(16)20)5-8(15)6-10(12)14/h5-6H,3-4,7,15H2,1-2H3,(H2,16,20)(H,17,19). The fraction of sp³-hybridized carbons (Fsp3) is 0.385. The highest BCUT2D eigenvalue weighted by atomic mass is 35.5. The maximum Gasteiger partial charge on any atom is 0.250 e. The minimum atomic E-state index is -0.644. The molecule has 0 atom stereocenters. The molecule has 6 nitrogen and oxygen atoms in total. The van der Waals surface area contributed by atoms with Gasteiger partial charge in [-0.25, -0.2) is 0 Å². The molecule has 0 saturated carbocycles. The third-order valence-electron chi connectivity index (χ3n) is 2.69. The zero-order valence-electron chi connectivity index (χ0n) is 11.6. The predicted octanol–water partition coefficient (Wildman–Crippen LogP) is 0.983. The van der Waals surface area contributed by atoms with Crippen molar-refractivity contribution < 1.29 is 9.59 Å². The lowest BCUT2D eigenvalue weighted by atomic mass is 10.1. The van der Waals surface area contributed by atoms with Crippen LogP contribution in [0.1, 0.15) is 23.7 Å². The van der Waals surface area contributed by atoms with Gasteiger partial charge in [-0.2, -0.15) is 0 Å². The Bertz CT molecular complexity index is 519. The number of nitrogens with two attached hydrogens (primary N) is 2. The number of halogens is 1. The zero-order valence-corrected chi connectivity index (χ0v) is 12.3. The van der Waals surface area contributed by atoms with Gasteiger partial charge in [0.25, 0.3) is 5.91 Å². The van der Waals surface area contributed by atoms with Gasteiger partial charge >= 0.3 is 0 Å². The van der Waals surface area contributed by atoms with Gasteiger partial charge in [0.15, 0.2) is 0 Å². The van der Waals surface area contributed by atoms with Gasteiger partial charge < -0.3 is 21.7 Å². The maximum atomic E-state index is 11.7. The van der Waals surface area contributed by atoms with Gasteiger partial charge in [0.05, 0.1) is 22.8 Å². The lowest BCUT2D eigenvalue weighted by molar-refractivity contribution is -0.119. The van der Waals surface area contributed by atoms with Crippen molar-refractivity contribution in [3.05, 3.63) is 22.7 Å². The Morgan fingerprint density at radius 3 is 2.60 bits per heavy atom. The van der Waals surface area contributed by atoms with Crippen LogP contribution < -0.4 is 21.7 Å². The number of nitrogen functional groups attached to an aromatic ring is 1. The number of benzene rings is 1. The van der Waals surface area contributed by atoms with E-state index in [0.29, 0.717) is 17.9 Å². The number of nitrogens with one attached hydrogen (secondary N) is 1. The summed E-state index contributed by atoms with van der Waals surface area (Å²) in [7, 11) is 1.66. The third-order valence-corrected chi connectivity index (χ3v) is 2.97. The van der Waals surface area contributed by atoms with Gasteiger partial charge in [0, 0.05) is 19.3 Å². The van der Waals surface area contributed by atoms with Crippen LogP contribution in [0.25, 0.3) is 0 Å². The van der Waals surface area contributed by atoms with Gasteiger partial charge in [0.2, 0.25) is 5.91 Å². The lowest BCUT2D eigenvalue weighted by Gasteiger charge is -2.22. The summed E-state index contributed by atoms with van der Waals surface area (Å²) >= 11 is 6.10. The van der Waals surface area contributed by atoms with E-state index in [2.05, 4.69) is 5.32 Å². The van der Waals surface area contributed by atoms with Crippen molar-refractivity contribution >= 4 is 34.8 Å². The molecule has 110 valence electrons. The number of carbonyl (C=O) groups excluding carboxylic acids is 2. The number of likely N-dealkylation sites (N-methyl/N-ethyl adjacent to an activating group) is 1. The van der Waals surface area contributed by atoms with Gasteiger partial charge in [-0.3, -0.25) is 9.59 Å². The van der Waals surface area contributed by atoms with Crippen molar-refractivity contribution in [1.82, 2.24) is 5.32 Å². The molecule has 0 saturated heterocycles. The van der Waals surface area contributed by atoms with E-state index in [-0.39, 0.29) is 23.0 Å². The number of carbonyl (C=O) groups is 2. The third kappa shape index (κ3) is 4.03. The summed E-state index contributed by atoms with van der Waals surface area (Å²) in [6, 6.07) is 2.97. The van der Waals surface area contributed by atoms with Crippen molar-refractivity contribution in [1.29, 1.82) is 0 Å². The molecule has 0 radical (unpaired) electrons. The van der Waals surface area contributed by atoms with Crippen LogP contribution >= 0.6 is 11.6 Å². The van der Waals surface area contributed by atoms with Crippen LogP contribution in [0.3, 0.4) is 0 Å². The molecule has 20 heavy (non-hydrogen) atoms. The second-order valence-electron chi connectivity index (χ2n) is 4.47. The Balaban J connectivity index is 3.00. The molecule has 1 rings (SSSR count). The highest BCUT2D eigenvalue weighted by Gasteiger charge is 2.18. The Labute approximate surface area is 123 Å². The number of nitrogens with zero attached hydrogens (tertiary/aromatic N) is 1. The maximum absolute atomic E-state index is 11.7. The SMILES string of the molecule is CCCNC(=O)CN(C)c1c(Cl)cc(N)cc1C(N)=O. The summed E-state index contributed by atoms with van der Waals surface area (Å²) in [6.45, 7) is 2.64. The molecule has 0 aliphatic rings. The van der Waals surface area contributed by atoms with Gasteiger partial charge in [0.1, 0.15) is 0 Å². The molecule has 0 bridgehead atoms. The van der Waals surface area contributed by atoms with E-state index in [1.54, 1.807) is 11.9 Å². The van der Waals surface area contributed by atoms with Crippen LogP contribution in [0.5, 0.6) is 0 Å². The Hall–Kier alpha value is -1.95. The average molecular weight is 299 g/mol. The van der Waals surface area contributed by atoms with E-state index >= 15 is 0 Å². The van der Waals surface area contributed by atoms with Gasteiger partial charge in [-0.15, -0.1) is 0 Å². The molecule has 1 aromatic carbocycles. The summed E-state index contributed by atoms with van der Waals surface area (Å²) in [5.41, 5.74) is 11.9. The van der Waals surface area contributed by atoms with E-state index in [9.17, 15) is 9.59 Å². The Kier molecular flexibility index (Phi) is 5.64. The van der Waals surface area contributed by atoms with Crippen molar-refractivity contribution in [2.24, 2.45) is 5.73 Å². The van der Waals surface area contributed by atoms with E-state index in [0.717, 1.165) is 6.42 Å². The first-order valence-corrected chi connectivity index (χ1v) is 6.61. The fourth-order valence-electron chi connectivity index (χ4n) is 1.81. The summed E-state index contributed by atoms with van der Waals surface area (Å²) in [4.78, 5) is 24.8. The van der Waals surface area contributed by atoms with Crippen molar-refractivity contribution in [2.45, 2.75) is 13.3 Å². The lowest BCUT2D eigenvalue weighted by Crippen LogP contribution is -2.36. The highest BCUT2D eigenvalue weighted by Crippen LogP contribution is 2.31. The number of hydrogen-bond donors (Lipinski definition) is 3. The normalized spacial score (nSPS) is 10.2. The molecule has 0 heterocycles. The molecule has 0 unspecified atom stereocenters. The number of primary amides is 1. The minimum absolute atomic E-state index is 0.0733. The fourth-order valence-corrected chi connectivity index (χ4v) is 2.18. The summed E-state index contributed by atoms with van der Waals surface area (Å²) in [5, 5.41) is 3.03. The molecule has 0 aliphatic heterocycles. The number of anilines is 2.